The smallest absolute Gasteiger partial charge is 0.251 e. The molecule has 0 saturated carbocycles. The molecule has 106 valence electrons. The van der Waals surface area contributed by atoms with Crippen LogP contribution in [0.1, 0.15) is 16.2 Å². The maximum atomic E-state index is 11.9. The Hall–Kier alpha value is -2.33. The number of nitrogens with zero attached hydrogens (tertiary/aromatic N) is 1. The van der Waals surface area contributed by atoms with Crippen molar-refractivity contribution in [2.75, 3.05) is 6.54 Å². The lowest BCUT2D eigenvalue weighted by Crippen LogP contribution is -2.25. The van der Waals surface area contributed by atoms with E-state index in [0.717, 1.165) is 11.1 Å². The van der Waals surface area contributed by atoms with Crippen molar-refractivity contribution in [3.63, 3.8) is 0 Å². The summed E-state index contributed by atoms with van der Waals surface area (Å²) in [5.74, 6) is 0.455. The Balaban J connectivity index is 1.59. The SMILES string of the molecule is O=C(NCCc1nc2ccccc2o1)c1cccc(Cl)c1. The van der Waals surface area contributed by atoms with Gasteiger partial charge in [0.1, 0.15) is 5.52 Å². The lowest BCUT2D eigenvalue weighted by atomic mass is 10.2. The van der Waals surface area contributed by atoms with Gasteiger partial charge in [0.2, 0.25) is 0 Å². The number of para-hydroxylation sites is 2. The van der Waals surface area contributed by atoms with Crippen LogP contribution in [0.25, 0.3) is 11.1 Å². The average molecular weight is 301 g/mol. The molecule has 0 saturated heterocycles. The standard InChI is InChI=1S/C16H13ClN2O2/c17-12-5-3-4-11(10-12)16(20)18-9-8-15-19-13-6-1-2-7-14(13)21-15/h1-7,10H,8-9H2,(H,18,20). The lowest BCUT2D eigenvalue weighted by molar-refractivity contribution is 0.0953. The first-order valence-corrected chi connectivity index (χ1v) is 6.98. The molecule has 0 bridgehead atoms. The Morgan fingerprint density at radius 1 is 1.19 bits per heavy atom. The summed E-state index contributed by atoms with van der Waals surface area (Å²) in [7, 11) is 0. The number of hydrogen-bond donors (Lipinski definition) is 1. The van der Waals surface area contributed by atoms with Gasteiger partial charge in [-0.15, -0.1) is 0 Å². The quantitative estimate of drug-likeness (QED) is 0.803. The molecule has 4 nitrogen and oxygen atoms in total. The van der Waals surface area contributed by atoms with Gasteiger partial charge in [0.05, 0.1) is 0 Å². The molecule has 0 aliphatic heterocycles. The minimum atomic E-state index is -0.159. The second-order valence-electron chi connectivity index (χ2n) is 4.59. The molecule has 2 aromatic carbocycles. The van der Waals surface area contributed by atoms with E-state index in [1.807, 2.05) is 24.3 Å². The highest BCUT2D eigenvalue weighted by Gasteiger charge is 2.08. The van der Waals surface area contributed by atoms with Crippen LogP contribution in [0.2, 0.25) is 5.02 Å². The summed E-state index contributed by atoms with van der Waals surface area (Å²) in [6.07, 6.45) is 0.543. The van der Waals surface area contributed by atoms with Gasteiger partial charge in [0, 0.05) is 23.6 Å². The molecular formula is C16H13ClN2O2. The van der Waals surface area contributed by atoms with Crippen molar-refractivity contribution in [2.45, 2.75) is 6.42 Å². The molecule has 1 N–H and O–H groups in total. The minimum absolute atomic E-state index is 0.159. The summed E-state index contributed by atoms with van der Waals surface area (Å²) in [4.78, 5) is 16.3. The van der Waals surface area contributed by atoms with Crippen LogP contribution in [-0.4, -0.2) is 17.4 Å². The van der Waals surface area contributed by atoms with Gasteiger partial charge >= 0.3 is 0 Å². The van der Waals surface area contributed by atoms with Crippen LogP contribution in [0.4, 0.5) is 0 Å². The summed E-state index contributed by atoms with van der Waals surface area (Å²) in [6, 6.07) is 14.4. The molecule has 1 aromatic heterocycles. The first-order valence-electron chi connectivity index (χ1n) is 6.60. The van der Waals surface area contributed by atoms with Gasteiger partial charge in [-0.1, -0.05) is 29.8 Å². The molecule has 5 heteroatoms. The normalized spacial score (nSPS) is 10.7. The molecule has 0 unspecified atom stereocenters. The van der Waals surface area contributed by atoms with Gasteiger partial charge in [0.25, 0.3) is 5.91 Å². The van der Waals surface area contributed by atoms with Gasteiger partial charge in [0.15, 0.2) is 11.5 Å². The number of nitrogens with one attached hydrogen (secondary N) is 1. The van der Waals surface area contributed by atoms with E-state index >= 15 is 0 Å². The lowest BCUT2D eigenvalue weighted by Gasteiger charge is -2.03. The van der Waals surface area contributed by atoms with E-state index in [9.17, 15) is 4.79 Å². The van der Waals surface area contributed by atoms with E-state index in [-0.39, 0.29) is 5.91 Å². The number of hydrogen-bond acceptors (Lipinski definition) is 3. The molecule has 0 aliphatic carbocycles. The van der Waals surface area contributed by atoms with Gasteiger partial charge in [-0.25, -0.2) is 4.98 Å². The molecule has 0 aliphatic rings. The summed E-state index contributed by atoms with van der Waals surface area (Å²) in [5.41, 5.74) is 2.13. The van der Waals surface area contributed by atoms with Crippen molar-refractivity contribution in [1.29, 1.82) is 0 Å². The molecule has 3 aromatic rings. The number of oxazole rings is 1. The predicted octanol–water partition coefficient (Wildman–Crippen LogP) is 3.45. The first-order chi connectivity index (χ1) is 10.2. The number of aromatic nitrogens is 1. The van der Waals surface area contributed by atoms with Crippen molar-refractivity contribution < 1.29 is 9.21 Å². The largest absolute Gasteiger partial charge is 0.441 e. The van der Waals surface area contributed by atoms with Crippen LogP contribution < -0.4 is 5.32 Å². The number of carbonyl (C=O) groups excluding carboxylic acids is 1. The van der Waals surface area contributed by atoms with Crippen molar-refractivity contribution in [1.82, 2.24) is 10.3 Å². The van der Waals surface area contributed by atoms with E-state index in [4.69, 9.17) is 16.0 Å². The zero-order valence-electron chi connectivity index (χ0n) is 11.2. The number of fused-ring (bicyclic) bond motifs is 1. The Morgan fingerprint density at radius 2 is 2.05 bits per heavy atom. The summed E-state index contributed by atoms with van der Waals surface area (Å²) in [5, 5.41) is 3.36. The van der Waals surface area contributed by atoms with Crippen molar-refractivity contribution in [2.24, 2.45) is 0 Å². The molecule has 0 spiro atoms. The van der Waals surface area contributed by atoms with Gasteiger partial charge in [-0.05, 0) is 30.3 Å². The Bertz CT molecular complexity index is 750. The highest BCUT2D eigenvalue weighted by molar-refractivity contribution is 6.30. The number of benzene rings is 2. The van der Waals surface area contributed by atoms with Crippen LogP contribution in [0.5, 0.6) is 0 Å². The van der Waals surface area contributed by atoms with Crippen molar-refractivity contribution in [3.05, 3.63) is 65.0 Å². The highest BCUT2D eigenvalue weighted by atomic mass is 35.5. The van der Waals surface area contributed by atoms with Crippen LogP contribution in [0, 0.1) is 0 Å². The van der Waals surface area contributed by atoms with Crippen LogP contribution >= 0.6 is 11.6 Å². The summed E-state index contributed by atoms with van der Waals surface area (Å²) in [6.45, 7) is 0.457. The van der Waals surface area contributed by atoms with Crippen molar-refractivity contribution in [3.8, 4) is 0 Å². The molecule has 0 fully saturated rings. The maximum absolute atomic E-state index is 11.9. The third kappa shape index (κ3) is 3.23. The van der Waals surface area contributed by atoms with Crippen molar-refractivity contribution >= 4 is 28.6 Å². The second-order valence-corrected chi connectivity index (χ2v) is 5.03. The fourth-order valence-corrected chi connectivity index (χ4v) is 2.23. The van der Waals surface area contributed by atoms with Gasteiger partial charge < -0.3 is 9.73 Å². The van der Waals surface area contributed by atoms with Crippen LogP contribution in [-0.2, 0) is 6.42 Å². The number of carbonyl (C=O) groups is 1. The zero-order chi connectivity index (χ0) is 14.7. The van der Waals surface area contributed by atoms with E-state index in [1.165, 1.54) is 0 Å². The monoisotopic (exact) mass is 300 g/mol. The average Bonchev–Trinajstić information content (AvgIpc) is 2.89. The predicted molar refractivity (Wildman–Crippen MR) is 81.5 cm³/mol. The second kappa shape index (κ2) is 5.97. The van der Waals surface area contributed by atoms with Crippen LogP contribution in [0.3, 0.4) is 0 Å². The Labute approximate surface area is 126 Å². The third-order valence-corrected chi connectivity index (χ3v) is 3.28. The Morgan fingerprint density at radius 3 is 2.86 bits per heavy atom. The van der Waals surface area contributed by atoms with E-state index < -0.39 is 0 Å². The first kappa shape index (κ1) is 13.6. The molecule has 21 heavy (non-hydrogen) atoms. The molecule has 1 amide bonds. The molecule has 0 atom stereocenters. The third-order valence-electron chi connectivity index (χ3n) is 3.05. The highest BCUT2D eigenvalue weighted by Crippen LogP contribution is 2.14. The van der Waals surface area contributed by atoms with Gasteiger partial charge in [-0.2, -0.15) is 0 Å². The molecular weight excluding hydrogens is 288 g/mol. The molecule has 0 radical (unpaired) electrons. The van der Waals surface area contributed by atoms with E-state index in [1.54, 1.807) is 24.3 Å². The molecule has 1 heterocycles. The van der Waals surface area contributed by atoms with Crippen LogP contribution in [0.15, 0.2) is 52.9 Å². The Kier molecular flexibility index (Phi) is 3.88. The minimum Gasteiger partial charge on any atom is -0.441 e. The number of halogens is 1. The van der Waals surface area contributed by atoms with Gasteiger partial charge in [-0.3, -0.25) is 4.79 Å². The summed E-state index contributed by atoms with van der Waals surface area (Å²) >= 11 is 5.86. The van der Waals surface area contributed by atoms with E-state index in [0.29, 0.717) is 29.4 Å². The maximum Gasteiger partial charge on any atom is 0.251 e. The number of rotatable bonds is 4. The zero-order valence-corrected chi connectivity index (χ0v) is 11.9. The topological polar surface area (TPSA) is 55.1 Å². The molecule has 3 rings (SSSR count). The fourth-order valence-electron chi connectivity index (χ4n) is 2.04. The summed E-state index contributed by atoms with van der Waals surface area (Å²) < 4.78 is 5.59. The fraction of sp³-hybridized carbons (Fsp3) is 0.125. The number of amides is 1. The van der Waals surface area contributed by atoms with E-state index in [2.05, 4.69) is 10.3 Å².